The van der Waals surface area contributed by atoms with E-state index in [2.05, 4.69) is 15.2 Å². The molecule has 0 saturated carbocycles. The molecule has 8 heteroatoms. The maximum absolute atomic E-state index is 12.5. The third-order valence-corrected chi connectivity index (χ3v) is 5.57. The van der Waals surface area contributed by atoms with Gasteiger partial charge in [0.1, 0.15) is 5.75 Å². The quantitative estimate of drug-likeness (QED) is 0.475. The molecule has 0 heterocycles. The maximum Gasteiger partial charge on any atom is 0.271 e. The van der Waals surface area contributed by atoms with Crippen LogP contribution in [-0.4, -0.2) is 26.6 Å². The molecule has 2 aromatic carbocycles. The van der Waals surface area contributed by atoms with E-state index >= 15 is 0 Å². The van der Waals surface area contributed by atoms with Crippen LogP contribution in [0.4, 0.5) is 5.69 Å². The Hall–Kier alpha value is -2.87. The minimum absolute atomic E-state index is 0.123. The van der Waals surface area contributed by atoms with Gasteiger partial charge in [-0.15, -0.1) is 0 Å². The lowest BCUT2D eigenvalue weighted by atomic mass is 10.1. The highest BCUT2D eigenvalue weighted by atomic mass is 32.2. The van der Waals surface area contributed by atoms with Crippen LogP contribution < -0.4 is 14.9 Å². The van der Waals surface area contributed by atoms with Crippen molar-refractivity contribution in [2.75, 3.05) is 11.3 Å². The van der Waals surface area contributed by atoms with Gasteiger partial charge >= 0.3 is 0 Å². The van der Waals surface area contributed by atoms with Gasteiger partial charge in [-0.1, -0.05) is 20.8 Å². The van der Waals surface area contributed by atoms with E-state index < -0.39 is 10.0 Å². The summed E-state index contributed by atoms with van der Waals surface area (Å²) in [6.45, 7) is 8.37. The third-order valence-electron chi connectivity index (χ3n) is 4.17. The minimum Gasteiger partial charge on any atom is -0.494 e. The van der Waals surface area contributed by atoms with Gasteiger partial charge in [0.25, 0.3) is 15.9 Å². The molecule has 0 aliphatic rings. The van der Waals surface area contributed by atoms with Crippen molar-refractivity contribution in [3.63, 3.8) is 0 Å². The SMILES string of the molecule is CCOc1ccc(S(=O)(=O)Nc2ccc(C(=O)N/N=C(/CC)C(C)C)cc2)cc1. The highest BCUT2D eigenvalue weighted by Gasteiger charge is 2.15. The van der Waals surface area contributed by atoms with Crippen LogP contribution in [0.15, 0.2) is 58.5 Å². The van der Waals surface area contributed by atoms with E-state index in [0.717, 1.165) is 12.1 Å². The Labute approximate surface area is 172 Å². The molecule has 0 aromatic heterocycles. The first-order valence-electron chi connectivity index (χ1n) is 9.49. The Bertz CT molecular complexity index is 950. The van der Waals surface area contributed by atoms with Crippen LogP contribution >= 0.6 is 0 Å². The van der Waals surface area contributed by atoms with E-state index in [-0.39, 0.29) is 16.7 Å². The van der Waals surface area contributed by atoms with Crippen molar-refractivity contribution in [1.29, 1.82) is 0 Å². The smallest absolute Gasteiger partial charge is 0.271 e. The zero-order valence-corrected chi connectivity index (χ0v) is 17.9. The third kappa shape index (κ3) is 6.32. The summed E-state index contributed by atoms with van der Waals surface area (Å²) >= 11 is 0. The number of carbonyl (C=O) groups excluding carboxylic acids is 1. The van der Waals surface area contributed by atoms with Crippen LogP contribution in [0.5, 0.6) is 5.75 Å². The number of ether oxygens (including phenoxy) is 1. The fraction of sp³-hybridized carbons (Fsp3) is 0.333. The van der Waals surface area contributed by atoms with Crippen molar-refractivity contribution in [1.82, 2.24) is 5.43 Å². The number of hydrogen-bond donors (Lipinski definition) is 2. The molecule has 0 spiro atoms. The van der Waals surface area contributed by atoms with Gasteiger partial charge in [0.2, 0.25) is 0 Å². The molecule has 0 aliphatic carbocycles. The summed E-state index contributed by atoms with van der Waals surface area (Å²) in [6.07, 6.45) is 0.754. The number of carbonyl (C=O) groups is 1. The van der Waals surface area contributed by atoms with Crippen LogP contribution in [0, 0.1) is 5.92 Å². The summed E-state index contributed by atoms with van der Waals surface area (Å²) in [4.78, 5) is 12.3. The Morgan fingerprint density at radius 1 is 1.03 bits per heavy atom. The monoisotopic (exact) mass is 417 g/mol. The van der Waals surface area contributed by atoms with E-state index in [4.69, 9.17) is 4.74 Å². The summed E-state index contributed by atoms with van der Waals surface area (Å²) in [5.41, 5.74) is 4.18. The molecule has 156 valence electrons. The molecule has 0 radical (unpaired) electrons. The fourth-order valence-corrected chi connectivity index (χ4v) is 3.65. The molecule has 2 N–H and O–H groups in total. The molecule has 29 heavy (non-hydrogen) atoms. The van der Waals surface area contributed by atoms with Crippen LogP contribution in [0.1, 0.15) is 44.5 Å². The maximum atomic E-state index is 12.5. The first-order valence-corrected chi connectivity index (χ1v) is 11.0. The Kier molecular flexibility index (Phi) is 7.78. The average molecular weight is 418 g/mol. The molecule has 0 fully saturated rings. The second kappa shape index (κ2) is 10.1. The number of rotatable bonds is 9. The molecule has 2 rings (SSSR count). The predicted octanol–water partition coefficient (Wildman–Crippen LogP) is 4.04. The molecule has 0 bridgehead atoms. The second-order valence-corrected chi connectivity index (χ2v) is 8.32. The highest BCUT2D eigenvalue weighted by Crippen LogP contribution is 2.19. The average Bonchev–Trinajstić information content (AvgIpc) is 2.69. The van der Waals surface area contributed by atoms with Crippen LogP contribution in [-0.2, 0) is 10.0 Å². The molecule has 0 unspecified atom stereocenters. The molecule has 1 amide bonds. The lowest BCUT2D eigenvalue weighted by Gasteiger charge is -2.10. The van der Waals surface area contributed by atoms with Crippen molar-refractivity contribution in [3.05, 3.63) is 54.1 Å². The molecule has 2 aromatic rings. The number of sulfonamides is 1. The van der Waals surface area contributed by atoms with Crippen molar-refractivity contribution >= 4 is 27.3 Å². The highest BCUT2D eigenvalue weighted by molar-refractivity contribution is 7.92. The molecule has 7 nitrogen and oxygen atoms in total. The van der Waals surface area contributed by atoms with Crippen molar-refractivity contribution < 1.29 is 17.9 Å². The van der Waals surface area contributed by atoms with Gasteiger partial charge in [-0.05, 0) is 67.8 Å². The van der Waals surface area contributed by atoms with Gasteiger partial charge in [-0.3, -0.25) is 9.52 Å². The lowest BCUT2D eigenvalue weighted by molar-refractivity contribution is 0.0954. The normalized spacial score (nSPS) is 12.0. The van der Waals surface area contributed by atoms with Crippen LogP contribution in [0.25, 0.3) is 0 Å². The number of nitrogens with zero attached hydrogens (tertiary/aromatic N) is 1. The second-order valence-electron chi connectivity index (χ2n) is 6.64. The van der Waals surface area contributed by atoms with Crippen molar-refractivity contribution in [2.24, 2.45) is 11.0 Å². The lowest BCUT2D eigenvalue weighted by Crippen LogP contribution is -2.21. The fourth-order valence-electron chi connectivity index (χ4n) is 2.59. The van der Waals surface area contributed by atoms with Gasteiger partial charge in [-0.2, -0.15) is 5.10 Å². The number of hydrogen-bond acceptors (Lipinski definition) is 5. The Morgan fingerprint density at radius 3 is 2.17 bits per heavy atom. The number of anilines is 1. The molecular formula is C21H27N3O4S. The number of benzene rings is 2. The summed E-state index contributed by atoms with van der Waals surface area (Å²) in [6, 6.07) is 12.3. The molecule has 0 saturated heterocycles. The van der Waals surface area contributed by atoms with E-state index in [1.54, 1.807) is 24.3 Å². The van der Waals surface area contributed by atoms with Gasteiger partial charge in [0, 0.05) is 17.0 Å². The van der Waals surface area contributed by atoms with Gasteiger partial charge in [-0.25, -0.2) is 13.8 Å². The molecule has 0 atom stereocenters. The number of hydrazone groups is 1. The van der Waals surface area contributed by atoms with Crippen molar-refractivity contribution in [3.8, 4) is 5.75 Å². The summed E-state index contributed by atoms with van der Waals surface area (Å²) in [7, 11) is -3.74. The Balaban J connectivity index is 2.06. The number of nitrogens with one attached hydrogen (secondary N) is 2. The first kappa shape index (κ1) is 22.4. The van der Waals surface area contributed by atoms with Crippen LogP contribution in [0.3, 0.4) is 0 Å². The van der Waals surface area contributed by atoms with E-state index in [0.29, 0.717) is 23.6 Å². The van der Waals surface area contributed by atoms with E-state index in [1.165, 1.54) is 24.3 Å². The standard InChI is InChI=1S/C21H27N3O4S/c1-5-20(15(3)4)22-23-21(25)16-7-9-17(10-8-16)24-29(26,27)19-13-11-18(12-14-19)28-6-2/h7-15,24H,5-6H2,1-4H3,(H,23,25)/b22-20-. The summed E-state index contributed by atoms with van der Waals surface area (Å²) in [5.74, 6) is 0.505. The molecule has 0 aliphatic heterocycles. The van der Waals surface area contributed by atoms with Gasteiger partial charge in [0.15, 0.2) is 0 Å². The molecular weight excluding hydrogens is 390 g/mol. The van der Waals surface area contributed by atoms with Gasteiger partial charge in [0.05, 0.1) is 11.5 Å². The predicted molar refractivity (Wildman–Crippen MR) is 115 cm³/mol. The van der Waals surface area contributed by atoms with E-state index in [9.17, 15) is 13.2 Å². The summed E-state index contributed by atoms with van der Waals surface area (Å²) in [5, 5.41) is 4.16. The zero-order valence-electron chi connectivity index (χ0n) is 17.1. The number of amides is 1. The zero-order chi connectivity index (χ0) is 21.4. The largest absolute Gasteiger partial charge is 0.494 e. The van der Waals surface area contributed by atoms with E-state index in [1.807, 2.05) is 27.7 Å². The Morgan fingerprint density at radius 2 is 1.66 bits per heavy atom. The topological polar surface area (TPSA) is 96.9 Å². The van der Waals surface area contributed by atoms with Crippen molar-refractivity contribution in [2.45, 2.75) is 39.0 Å². The van der Waals surface area contributed by atoms with Crippen LogP contribution in [0.2, 0.25) is 0 Å². The van der Waals surface area contributed by atoms with Gasteiger partial charge < -0.3 is 4.74 Å². The summed E-state index contributed by atoms with van der Waals surface area (Å²) < 4.78 is 32.8. The minimum atomic E-state index is -3.74. The first-order chi connectivity index (χ1) is 13.8.